The largest absolute Gasteiger partial charge is 0.357 e. The maximum atomic E-state index is 4.66. The van der Waals surface area contributed by atoms with Gasteiger partial charge in [-0.3, -0.25) is 0 Å². The van der Waals surface area contributed by atoms with Crippen molar-refractivity contribution >= 4 is 21.7 Å². The maximum absolute atomic E-state index is 4.66. The Morgan fingerprint density at radius 2 is 1.94 bits per heavy atom. The van der Waals surface area contributed by atoms with E-state index in [0.29, 0.717) is 6.04 Å². The molecule has 1 heterocycles. The zero-order valence-electron chi connectivity index (χ0n) is 11.6. The zero-order chi connectivity index (χ0) is 13.2. The Labute approximate surface area is 113 Å². The van der Waals surface area contributed by atoms with E-state index in [2.05, 4.69) is 72.5 Å². The Balaban J connectivity index is 3.14. The summed E-state index contributed by atoms with van der Waals surface area (Å²) in [6.07, 6.45) is 1.10. The molecule has 0 saturated carbocycles. The summed E-state index contributed by atoms with van der Waals surface area (Å²) in [5.41, 5.74) is -0.0329. The Kier molecular flexibility index (Phi) is 4.53. The third-order valence-electron chi connectivity index (χ3n) is 2.97. The molecule has 17 heavy (non-hydrogen) atoms. The number of halogens is 1. The second-order valence-electron chi connectivity index (χ2n) is 5.49. The van der Waals surface area contributed by atoms with Crippen LogP contribution in [0, 0.1) is 0 Å². The molecular weight excluding hydrogens is 278 g/mol. The van der Waals surface area contributed by atoms with Crippen molar-refractivity contribution in [1.82, 2.24) is 9.97 Å². The lowest BCUT2D eigenvalue weighted by Crippen LogP contribution is -2.30. The van der Waals surface area contributed by atoms with Crippen molar-refractivity contribution in [3.8, 4) is 0 Å². The van der Waals surface area contributed by atoms with E-state index >= 15 is 0 Å². The highest BCUT2D eigenvalue weighted by atomic mass is 79.9. The molecule has 0 fully saturated rings. The van der Waals surface area contributed by atoms with Crippen LogP contribution in [0.25, 0.3) is 0 Å². The number of aromatic nitrogens is 2. The molecule has 0 amide bonds. The fraction of sp³-hybridized carbons (Fsp3) is 0.692. The number of hydrogen-bond donors (Lipinski definition) is 0. The summed E-state index contributed by atoms with van der Waals surface area (Å²) in [7, 11) is 2.08. The third kappa shape index (κ3) is 3.66. The summed E-state index contributed by atoms with van der Waals surface area (Å²) >= 11 is 3.47. The average Bonchev–Trinajstić information content (AvgIpc) is 2.25. The van der Waals surface area contributed by atoms with E-state index in [1.807, 2.05) is 6.07 Å². The molecule has 1 aromatic heterocycles. The number of hydrogen-bond acceptors (Lipinski definition) is 3. The van der Waals surface area contributed by atoms with Crippen LogP contribution in [-0.4, -0.2) is 23.1 Å². The van der Waals surface area contributed by atoms with Crippen LogP contribution < -0.4 is 4.90 Å². The van der Waals surface area contributed by atoms with Gasteiger partial charge >= 0.3 is 0 Å². The van der Waals surface area contributed by atoms with E-state index in [1.165, 1.54) is 0 Å². The molecule has 0 aromatic carbocycles. The van der Waals surface area contributed by atoms with Crippen LogP contribution in [0.5, 0.6) is 0 Å². The summed E-state index contributed by atoms with van der Waals surface area (Å²) < 4.78 is 0.850. The van der Waals surface area contributed by atoms with Crippen LogP contribution in [0.2, 0.25) is 0 Å². The van der Waals surface area contributed by atoms with Crippen molar-refractivity contribution in [2.24, 2.45) is 0 Å². The first-order valence-corrected chi connectivity index (χ1v) is 6.83. The highest BCUT2D eigenvalue weighted by Crippen LogP contribution is 2.24. The van der Waals surface area contributed by atoms with Gasteiger partial charge < -0.3 is 4.90 Å². The van der Waals surface area contributed by atoms with E-state index < -0.39 is 0 Å². The SMILES string of the molecule is CCC(C)N(C)c1cc(Br)nc(C(C)(C)C)n1. The van der Waals surface area contributed by atoms with Crippen LogP contribution in [0.3, 0.4) is 0 Å². The van der Waals surface area contributed by atoms with Crippen molar-refractivity contribution in [2.45, 2.75) is 52.5 Å². The van der Waals surface area contributed by atoms with Crippen molar-refractivity contribution in [2.75, 3.05) is 11.9 Å². The van der Waals surface area contributed by atoms with Gasteiger partial charge in [0.05, 0.1) is 0 Å². The lowest BCUT2D eigenvalue weighted by Gasteiger charge is -2.27. The second-order valence-corrected chi connectivity index (χ2v) is 6.30. The molecular formula is C13H22BrN3. The van der Waals surface area contributed by atoms with Gasteiger partial charge in [-0.2, -0.15) is 0 Å². The predicted octanol–water partition coefficient (Wildman–Crippen LogP) is 3.77. The Morgan fingerprint density at radius 1 is 1.35 bits per heavy atom. The van der Waals surface area contributed by atoms with Gasteiger partial charge in [-0.05, 0) is 29.3 Å². The van der Waals surface area contributed by atoms with Gasteiger partial charge in [0.15, 0.2) is 0 Å². The number of anilines is 1. The molecule has 4 heteroatoms. The molecule has 3 nitrogen and oxygen atoms in total. The van der Waals surface area contributed by atoms with E-state index in [0.717, 1.165) is 22.7 Å². The lowest BCUT2D eigenvalue weighted by atomic mass is 9.96. The highest BCUT2D eigenvalue weighted by Gasteiger charge is 2.20. The lowest BCUT2D eigenvalue weighted by molar-refractivity contribution is 0.540. The summed E-state index contributed by atoms with van der Waals surface area (Å²) in [4.78, 5) is 11.3. The molecule has 0 radical (unpaired) electrons. The maximum Gasteiger partial charge on any atom is 0.137 e. The smallest absolute Gasteiger partial charge is 0.137 e. The zero-order valence-corrected chi connectivity index (χ0v) is 13.2. The topological polar surface area (TPSA) is 29.0 Å². The summed E-state index contributed by atoms with van der Waals surface area (Å²) in [5.74, 6) is 1.85. The van der Waals surface area contributed by atoms with E-state index in [9.17, 15) is 0 Å². The first-order chi connectivity index (χ1) is 7.75. The van der Waals surface area contributed by atoms with Crippen LogP contribution in [0.1, 0.15) is 46.9 Å². The molecule has 0 N–H and O–H groups in total. The average molecular weight is 300 g/mol. The van der Waals surface area contributed by atoms with Crippen molar-refractivity contribution in [3.05, 3.63) is 16.5 Å². The molecule has 0 aliphatic heterocycles. The van der Waals surface area contributed by atoms with E-state index in [-0.39, 0.29) is 5.41 Å². The van der Waals surface area contributed by atoms with Crippen LogP contribution in [0.4, 0.5) is 5.82 Å². The van der Waals surface area contributed by atoms with Crippen molar-refractivity contribution in [1.29, 1.82) is 0 Å². The van der Waals surface area contributed by atoms with Crippen molar-refractivity contribution in [3.63, 3.8) is 0 Å². The van der Waals surface area contributed by atoms with Crippen molar-refractivity contribution < 1.29 is 0 Å². The molecule has 1 aromatic rings. The van der Waals surface area contributed by atoms with Gasteiger partial charge in [0.25, 0.3) is 0 Å². The molecule has 0 saturated heterocycles. The van der Waals surface area contributed by atoms with Crippen LogP contribution in [-0.2, 0) is 5.41 Å². The highest BCUT2D eigenvalue weighted by molar-refractivity contribution is 9.10. The summed E-state index contributed by atoms with van der Waals surface area (Å²) in [6, 6.07) is 2.45. The van der Waals surface area contributed by atoms with Crippen LogP contribution in [0.15, 0.2) is 10.7 Å². The fourth-order valence-electron chi connectivity index (χ4n) is 1.42. The molecule has 1 unspecified atom stereocenters. The minimum Gasteiger partial charge on any atom is -0.357 e. The normalized spacial score (nSPS) is 13.6. The number of rotatable bonds is 3. The summed E-state index contributed by atoms with van der Waals surface area (Å²) in [5, 5.41) is 0. The summed E-state index contributed by atoms with van der Waals surface area (Å²) in [6.45, 7) is 10.8. The Hall–Kier alpha value is -0.640. The molecule has 0 spiro atoms. The van der Waals surface area contributed by atoms with Gasteiger partial charge in [0.1, 0.15) is 16.2 Å². The minimum absolute atomic E-state index is 0.0329. The monoisotopic (exact) mass is 299 g/mol. The third-order valence-corrected chi connectivity index (χ3v) is 3.37. The molecule has 1 atom stereocenters. The quantitative estimate of drug-likeness (QED) is 0.796. The van der Waals surface area contributed by atoms with E-state index in [1.54, 1.807) is 0 Å². The van der Waals surface area contributed by atoms with Gasteiger partial charge in [-0.15, -0.1) is 0 Å². The first-order valence-electron chi connectivity index (χ1n) is 6.03. The van der Waals surface area contributed by atoms with E-state index in [4.69, 9.17) is 0 Å². The standard InChI is InChI=1S/C13H22BrN3/c1-7-9(2)17(6)11-8-10(14)15-12(16-11)13(3,4)5/h8-9H,7H2,1-6H3. The minimum atomic E-state index is -0.0329. The van der Waals surface area contributed by atoms with Gasteiger partial charge in [0.2, 0.25) is 0 Å². The molecule has 0 aliphatic rings. The van der Waals surface area contributed by atoms with Gasteiger partial charge in [-0.25, -0.2) is 9.97 Å². The Bertz CT molecular complexity index is 385. The molecule has 0 bridgehead atoms. The van der Waals surface area contributed by atoms with Gasteiger partial charge in [-0.1, -0.05) is 27.7 Å². The molecule has 0 aliphatic carbocycles. The number of nitrogens with zero attached hydrogens (tertiary/aromatic N) is 3. The predicted molar refractivity (Wildman–Crippen MR) is 76.6 cm³/mol. The van der Waals surface area contributed by atoms with Crippen LogP contribution >= 0.6 is 15.9 Å². The Morgan fingerprint density at radius 3 is 2.41 bits per heavy atom. The molecule has 96 valence electrons. The molecule has 1 rings (SSSR count). The first kappa shape index (κ1) is 14.4. The van der Waals surface area contributed by atoms with Gasteiger partial charge in [0, 0.05) is 24.6 Å². The fourth-order valence-corrected chi connectivity index (χ4v) is 1.79. The second kappa shape index (κ2) is 5.34.